The summed E-state index contributed by atoms with van der Waals surface area (Å²) < 4.78 is 0. The van der Waals surface area contributed by atoms with Crippen LogP contribution >= 0.6 is 0 Å². The Morgan fingerprint density at radius 2 is 2.20 bits per heavy atom. The van der Waals surface area contributed by atoms with Gasteiger partial charge >= 0.3 is 0 Å². The van der Waals surface area contributed by atoms with Crippen LogP contribution in [0.25, 0.3) is 0 Å². The summed E-state index contributed by atoms with van der Waals surface area (Å²) >= 11 is 0. The van der Waals surface area contributed by atoms with Crippen LogP contribution in [0.4, 0.5) is 0 Å². The molecule has 0 aliphatic rings. The predicted octanol–water partition coefficient (Wildman–Crippen LogP) is 1.78. The van der Waals surface area contributed by atoms with E-state index in [1.807, 2.05) is 0 Å². The van der Waals surface area contributed by atoms with Gasteiger partial charge in [-0.1, -0.05) is 6.08 Å². The van der Waals surface area contributed by atoms with Crippen molar-refractivity contribution in [3.63, 3.8) is 0 Å². The summed E-state index contributed by atoms with van der Waals surface area (Å²) in [6, 6.07) is 0. The van der Waals surface area contributed by atoms with E-state index < -0.39 is 0 Å². The molecular formula is C8H14O2. The van der Waals surface area contributed by atoms with Crippen LogP contribution in [0.1, 0.15) is 19.8 Å². The molecule has 2 N–H and O–H groups in total. The quantitative estimate of drug-likeness (QED) is 0.464. The monoisotopic (exact) mass is 142 g/mol. The third-order valence-electron chi connectivity index (χ3n) is 1.37. The molecule has 0 saturated heterocycles. The van der Waals surface area contributed by atoms with Crippen LogP contribution in [0.3, 0.4) is 0 Å². The van der Waals surface area contributed by atoms with Crippen molar-refractivity contribution in [2.75, 3.05) is 6.61 Å². The number of hydrogen-bond acceptors (Lipinski definition) is 2. The molecule has 0 aromatic heterocycles. The molecule has 0 heterocycles. The standard InChI is InChI=1S/C8H14O2/c1-3-4-5-7(2)8(10)6-9/h3,9-10H,1,4-6H2,2H3/b8-7+. The first kappa shape index (κ1) is 9.24. The van der Waals surface area contributed by atoms with Crippen molar-refractivity contribution in [3.05, 3.63) is 24.0 Å². The molecule has 0 amide bonds. The van der Waals surface area contributed by atoms with E-state index in [1.54, 1.807) is 13.0 Å². The molecule has 2 nitrogen and oxygen atoms in total. The second-order valence-corrected chi connectivity index (χ2v) is 2.21. The predicted molar refractivity (Wildman–Crippen MR) is 41.8 cm³/mol. The molecule has 0 atom stereocenters. The molecule has 0 spiro atoms. The van der Waals surface area contributed by atoms with Crippen molar-refractivity contribution in [2.24, 2.45) is 0 Å². The molecular weight excluding hydrogens is 128 g/mol. The highest BCUT2D eigenvalue weighted by molar-refractivity contribution is 5.05. The molecule has 2 heteroatoms. The highest BCUT2D eigenvalue weighted by Crippen LogP contribution is 2.07. The minimum absolute atomic E-state index is 0.0850. The maximum atomic E-state index is 8.95. The van der Waals surface area contributed by atoms with Crippen molar-refractivity contribution in [2.45, 2.75) is 19.8 Å². The SMILES string of the molecule is C=CCC/C(C)=C(/O)CO. The summed E-state index contributed by atoms with van der Waals surface area (Å²) in [6.07, 6.45) is 3.40. The van der Waals surface area contributed by atoms with Crippen LogP contribution in [-0.2, 0) is 0 Å². The zero-order valence-corrected chi connectivity index (χ0v) is 6.30. The summed E-state index contributed by atoms with van der Waals surface area (Å²) in [5.74, 6) is 0.0850. The van der Waals surface area contributed by atoms with E-state index in [9.17, 15) is 0 Å². The first-order valence-electron chi connectivity index (χ1n) is 3.31. The van der Waals surface area contributed by atoms with Crippen LogP contribution in [0, 0.1) is 0 Å². The number of aliphatic hydroxyl groups is 2. The zero-order valence-electron chi connectivity index (χ0n) is 6.30. The Labute approximate surface area is 61.5 Å². The van der Waals surface area contributed by atoms with Gasteiger partial charge in [-0.3, -0.25) is 0 Å². The van der Waals surface area contributed by atoms with Crippen molar-refractivity contribution in [1.29, 1.82) is 0 Å². The second kappa shape index (κ2) is 5.06. The minimum atomic E-state index is -0.261. The Kier molecular flexibility index (Phi) is 4.67. The van der Waals surface area contributed by atoms with Gasteiger partial charge in [0.2, 0.25) is 0 Å². The van der Waals surface area contributed by atoms with E-state index in [1.165, 1.54) is 0 Å². The van der Waals surface area contributed by atoms with Crippen LogP contribution < -0.4 is 0 Å². The van der Waals surface area contributed by atoms with Gasteiger partial charge in [-0.15, -0.1) is 6.58 Å². The van der Waals surface area contributed by atoms with Gasteiger partial charge in [0.25, 0.3) is 0 Å². The van der Waals surface area contributed by atoms with Crippen molar-refractivity contribution >= 4 is 0 Å². The van der Waals surface area contributed by atoms with Gasteiger partial charge in [0.1, 0.15) is 12.4 Å². The summed E-state index contributed by atoms with van der Waals surface area (Å²) in [7, 11) is 0. The van der Waals surface area contributed by atoms with Gasteiger partial charge < -0.3 is 10.2 Å². The number of hydrogen-bond donors (Lipinski definition) is 2. The molecule has 58 valence electrons. The molecule has 0 aliphatic heterocycles. The van der Waals surface area contributed by atoms with Crippen LogP contribution in [-0.4, -0.2) is 16.8 Å². The molecule has 0 aromatic carbocycles. The van der Waals surface area contributed by atoms with E-state index in [0.29, 0.717) is 0 Å². The maximum Gasteiger partial charge on any atom is 0.117 e. The van der Waals surface area contributed by atoms with Gasteiger partial charge in [-0.05, 0) is 25.3 Å². The minimum Gasteiger partial charge on any atom is -0.510 e. The fraction of sp³-hybridized carbons (Fsp3) is 0.500. The molecule has 10 heavy (non-hydrogen) atoms. The Bertz CT molecular complexity index is 136. The molecule has 0 bridgehead atoms. The lowest BCUT2D eigenvalue weighted by molar-refractivity contribution is 0.249. The highest BCUT2D eigenvalue weighted by atomic mass is 16.3. The molecule has 0 aliphatic carbocycles. The summed E-state index contributed by atoms with van der Waals surface area (Å²) in [5.41, 5.74) is 0.836. The maximum absolute atomic E-state index is 8.95. The normalized spacial score (nSPS) is 12.6. The Hall–Kier alpha value is -0.760. The highest BCUT2D eigenvalue weighted by Gasteiger charge is 1.95. The van der Waals surface area contributed by atoms with E-state index in [-0.39, 0.29) is 12.4 Å². The first-order chi connectivity index (χ1) is 4.72. The lowest BCUT2D eigenvalue weighted by atomic mass is 10.1. The summed E-state index contributed by atoms with van der Waals surface area (Å²) in [5, 5.41) is 17.4. The first-order valence-corrected chi connectivity index (χ1v) is 3.31. The molecule has 0 aromatic rings. The van der Waals surface area contributed by atoms with Gasteiger partial charge in [-0.25, -0.2) is 0 Å². The topological polar surface area (TPSA) is 40.5 Å². The lowest BCUT2D eigenvalue weighted by Gasteiger charge is -2.00. The lowest BCUT2D eigenvalue weighted by Crippen LogP contribution is -1.92. The van der Waals surface area contributed by atoms with Gasteiger partial charge in [0.05, 0.1) is 0 Å². The van der Waals surface area contributed by atoms with E-state index >= 15 is 0 Å². The van der Waals surface area contributed by atoms with E-state index in [0.717, 1.165) is 18.4 Å². The Balaban J connectivity index is 3.79. The average molecular weight is 142 g/mol. The van der Waals surface area contributed by atoms with Gasteiger partial charge in [0.15, 0.2) is 0 Å². The molecule has 0 unspecified atom stereocenters. The van der Waals surface area contributed by atoms with Crippen LogP contribution in [0.5, 0.6) is 0 Å². The Morgan fingerprint density at radius 1 is 1.60 bits per heavy atom. The van der Waals surface area contributed by atoms with E-state index in [2.05, 4.69) is 6.58 Å². The molecule has 0 rings (SSSR count). The fourth-order valence-electron chi connectivity index (χ4n) is 0.598. The summed E-state index contributed by atoms with van der Waals surface area (Å²) in [4.78, 5) is 0. The zero-order chi connectivity index (χ0) is 7.98. The van der Waals surface area contributed by atoms with Crippen molar-refractivity contribution < 1.29 is 10.2 Å². The third-order valence-corrected chi connectivity index (χ3v) is 1.37. The fourth-order valence-corrected chi connectivity index (χ4v) is 0.598. The third kappa shape index (κ3) is 3.30. The largest absolute Gasteiger partial charge is 0.510 e. The second-order valence-electron chi connectivity index (χ2n) is 2.21. The average Bonchev–Trinajstić information content (AvgIpc) is 1.98. The van der Waals surface area contributed by atoms with Crippen molar-refractivity contribution in [3.8, 4) is 0 Å². The number of rotatable bonds is 4. The number of aliphatic hydroxyl groups excluding tert-OH is 2. The Morgan fingerprint density at radius 3 is 2.60 bits per heavy atom. The molecule has 0 saturated carbocycles. The number of allylic oxidation sites excluding steroid dienone is 2. The van der Waals surface area contributed by atoms with Crippen LogP contribution in [0.2, 0.25) is 0 Å². The molecule has 0 radical (unpaired) electrons. The van der Waals surface area contributed by atoms with Gasteiger partial charge in [-0.2, -0.15) is 0 Å². The summed E-state index contributed by atoms with van der Waals surface area (Å²) in [6.45, 7) is 5.09. The molecule has 0 fully saturated rings. The van der Waals surface area contributed by atoms with Crippen molar-refractivity contribution in [1.82, 2.24) is 0 Å². The smallest absolute Gasteiger partial charge is 0.117 e. The van der Waals surface area contributed by atoms with Crippen LogP contribution in [0.15, 0.2) is 24.0 Å². The van der Waals surface area contributed by atoms with Gasteiger partial charge in [0, 0.05) is 0 Å². The van der Waals surface area contributed by atoms with E-state index in [4.69, 9.17) is 10.2 Å².